The zero-order chi connectivity index (χ0) is 16.2. The van der Waals surface area contributed by atoms with Crippen LogP contribution in [-0.4, -0.2) is 52.3 Å². The Labute approximate surface area is 137 Å². The largest absolute Gasteiger partial charge is 0.341 e. The van der Waals surface area contributed by atoms with Crippen LogP contribution in [0.1, 0.15) is 38.2 Å². The topological polar surface area (TPSA) is 53.5 Å². The number of pyridine rings is 1. The molecule has 5 heteroatoms. The van der Waals surface area contributed by atoms with Crippen LogP contribution < -0.4 is 0 Å². The van der Waals surface area contributed by atoms with Crippen molar-refractivity contribution in [1.29, 1.82) is 0 Å². The SMILES string of the molecule is CC(=O)N1CCC[C@H]1C(=O)N1CCC(Cc2ccncc2)CC1. The quantitative estimate of drug-likeness (QED) is 0.856. The third-order valence-electron chi connectivity index (χ3n) is 5.14. The van der Waals surface area contributed by atoms with E-state index in [1.165, 1.54) is 5.56 Å². The highest BCUT2D eigenvalue weighted by Crippen LogP contribution is 2.25. The summed E-state index contributed by atoms with van der Waals surface area (Å²) in [5.41, 5.74) is 1.32. The third-order valence-corrected chi connectivity index (χ3v) is 5.14. The number of piperidine rings is 1. The summed E-state index contributed by atoms with van der Waals surface area (Å²) in [5.74, 6) is 0.808. The fourth-order valence-corrected chi connectivity index (χ4v) is 3.82. The minimum Gasteiger partial charge on any atom is -0.341 e. The summed E-state index contributed by atoms with van der Waals surface area (Å²) in [6.07, 6.45) is 8.58. The second kappa shape index (κ2) is 7.11. The number of carbonyl (C=O) groups excluding carboxylic acids is 2. The molecule has 2 aliphatic heterocycles. The molecule has 1 aromatic rings. The van der Waals surface area contributed by atoms with Crippen molar-refractivity contribution >= 4 is 11.8 Å². The summed E-state index contributed by atoms with van der Waals surface area (Å²) in [7, 11) is 0. The van der Waals surface area contributed by atoms with Crippen LogP contribution in [-0.2, 0) is 16.0 Å². The molecule has 5 nitrogen and oxygen atoms in total. The molecule has 0 aromatic carbocycles. The molecule has 0 bridgehead atoms. The van der Waals surface area contributed by atoms with Crippen LogP contribution in [0.15, 0.2) is 24.5 Å². The minimum absolute atomic E-state index is 0.0217. The smallest absolute Gasteiger partial charge is 0.245 e. The first kappa shape index (κ1) is 16.0. The van der Waals surface area contributed by atoms with Crippen LogP contribution in [0.25, 0.3) is 0 Å². The Hall–Kier alpha value is -1.91. The van der Waals surface area contributed by atoms with Gasteiger partial charge in [-0.15, -0.1) is 0 Å². The Kier molecular flexibility index (Phi) is 4.94. The summed E-state index contributed by atoms with van der Waals surface area (Å²) in [6, 6.07) is 3.92. The standard InChI is InChI=1S/C18H25N3O2/c1-14(22)21-10-2-3-17(21)18(23)20-11-6-16(7-12-20)13-15-4-8-19-9-5-15/h4-5,8-9,16-17H,2-3,6-7,10-13H2,1H3/t17-/m0/s1. The molecule has 2 aliphatic rings. The van der Waals surface area contributed by atoms with E-state index in [2.05, 4.69) is 17.1 Å². The predicted octanol–water partition coefficient (Wildman–Crippen LogP) is 1.87. The Morgan fingerprint density at radius 1 is 1.13 bits per heavy atom. The van der Waals surface area contributed by atoms with E-state index in [0.29, 0.717) is 5.92 Å². The number of rotatable bonds is 3. The van der Waals surface area contributed by atoms with E-state index >= 15 is 0 Å². The Morgan fingerprint density at radius 2 is 1.83 bits per heavy atom. The van der Waals surface area contributed by atoms with E-state index < -0.39 is 0 Å². The molecule has 0 aliphatic carbocycles. The molecule has 2 fully saturated rings. The maximum Gasteiger partial charge on any atom is 0.245 e. The van der Waals surface area contributed by atoms with Gasteiger partial charge in [-0.05, 0) is 55.7 Å². The maximum atomic E-state index is 12.7. The lowest BCUT2D eigenvalue weighted by molar-refractivity contribution is -0.143. The highest BCUT2D eigenvalue weighted by Gasteiger charge is 2.36. The number of hydrogen-bond donors (Lipinski definition) is 0. The van der Waals surface area contributed by atoms with Crippen molar-refractivity contribution < 1.29 is 9.59 Å². The number of nitrogens with zero attached hydrogens (tertiary/aromatic N) is 3. The lowest BCUT2D eigenvalue weighted by atomic mass is 9.90. The average Bonchev–Trinajstić information content (AvgIpc) is 3.06. The number of likely N-dealkylation sites (tertiary alicyclic amines) is 2. The van der Waals surface area contributed by atoms with Gasteiger partial charge in [-0.2, -0.15) is 0 Å². The molecule has 1 atom stereocenters. The van der Waals surface area contributed by atoms with Gasteiger partial charge in [-0.1, -0.05) is 0 Å². The molecule has 0 spiro atoms. The van der Waals surface area contributed by atoms with E-state index in [-0.39, 0.29) is 17.9 Å². The summed E-state index contributed by atoms with van der Waals surface area (Å²) >= 11 is 0. The van der Waals surface area contributed by atoms with Gasteiger partial charge in [-0.3, -0.25) is 14.6 Å². The van der Waals surface area contributed by atoms with Crippen molar-refractivity contribution in [2.24, 2.45) is 5.92 Å². The molecule has 2 saturated heterocycles. The van der Waals surface area contributed by atoms with E-state index in [4.69, 9.17) is 0 Å². The molecular weight excluding hydrogens is 290 g/mol. The maximum absolute atomic E-state index is 12.7. The van der Waals surface area contributed by atoms with Crippen molar-refractivity contribution in [1.82, 2.24) is 14.8 Å². The van der Waals surface area contributed by atoms with Crippen molar-refractivity contribution in [2.45, 2.75) is 45.1 Å². The van der Waals surface area contributed by atoms with E-state index in [0.717, 1.165) is 51.7 Å². The van der Waals surface area contributed by atoms with Crippen molar-refractivity contribution in [3.05, 3.63) is 30.1 Å². The molecule has 0 N–H and O–H groups in total. The van der Waals surface area contributed by atoms with Crippen molar-refractivity contribution in [2.75, 3.05) is 19.6 Å². The van der Waals surface area contributed by atoms with Gasteiger partial charge < -0.3 is 9.80 Å². The number of aromatic nitrogens is 1. The van der Waals surface area contributed by atoms with Crippen LogP contribution in [0.5, 0.6) is 0 Å². The molecule has 23 heavy (non-hydrogen) atoms. The summed E-state index contributed by atoms with van der Waals surface area (Å²) < 4.78 is 0. The zero-order valence-electron chi connectivity index (χ0n) is 13.8. The van der Waals surface area contributed by atoms with Crippen LogP contribution in [0.4, 0.5) is 0 Å². The Morgan fingerprint density at radius 3 is 2.48 bits per heavy atom. The fourth-order valence-electron chi connectivity index (χ4n) is 3.82. The summed E-state index contributed by atoms with van der Waals surface area (Å²) in [5, 5.41) is 0. The first-order valence-corrected chi connectivity index (χ1v) is 8.60. The Bertz CT molecular complexity index is 553. The average molecular weight is 315 g/mol. The molecule has 0 unspecified atom stereocenters. The van der Waals surface area contributed by atoms with Gasteiger partial charge in [0, 0.05) is 39.0 Å². The van der Waals surface area contributed by atoms with Crippen molar-refractivity contribution in [3.63, 3.8) is 0 Å². The summed E-state index contributed by atoms with van der Waals surface area (Å²) in [4.78, 5) is 32.1. The number of amides is 2. The monoisotopic (exact) mass is 315 g/mol. The van der Waals surface area contributed by atoms with Crippen LogP contribution >= 0.6 is 0 Å². The molecule has 124 valence electrons. The minimum atomic E-state index is -0.218. The molecule has 0 radical (unpaired) electrons. The fraction of sp³-hybridized carbons (Fsp3) is 0.611. The van der Waals surface area contributed by atoms with Gasteiger partial charge in [0.25, 0.3) is 0 Å². The lowest BCUT2D eigenvalue weighted by Gasteiger charge is -2.35. The van der Waals surface area contributed by atoms with Gasteiger partial charge in [0.2, 0.25) is 11.8 Å². The van der Waals surface area contributed by atoms with E-state index in [1.54, 1.807) is 11.8 Å². The van der Waals surface area contributed by atoms with E-state index in [9.17, 15) is 9.59 Å². The molecule has 3 heterocycles. The van der Waals surface area contributed by atoms with Gasteiger partial charge in [0.15, 0.2) is 0 Å². The molecule has 2 amide bonds. The first-order chi connectivity index (χ1) is 11.1. The van der Waals surface area contributed by atoms with E-state index in [1.807, 2.05) is 17.3 Å². The molecule has 1 aromatic heterocycles. The third kappa shape index (κ3) is 3.71. The summed E-state index contributed by atoms with van der Waals surface area (Å²) in [6.45, 7) is 3.92. The first-order valence-electron chi connectivity index (χ1n) is 8.60. The van der Waals surface area contributed by atoms with Crippen molar-refractivity contribution in [3.8, 4) is 0 Å². The molecule has 3 rings (SSSR count). The normalized spacial score (nSPS) is 22.4. The van der Waals surface area contributed by atoms with Crippen LogP contribution in [0.3, 0.4) is 0 Å². The molecular formula is C18H25N3O2. The van der Waals surface area contributed by atoms with Gasteiger partial charge in [0.05, 0.1) is 0 Å². The highest BCUT2D eigenvalue weighted by atomic mass is 16.2. The van der Waals surface area contributed by atoms with Gasteiger partial charge in [-0.25, -0.2) is 0 Å². The second-order valence-corrected chi connectivity index (χ2v) is 6.70. The zero-order valence-corrected chi connectivity index (χ0v) is 13.8. The van der Waals surface area contributed by atoms with Crippen LogP contribution in [0.2, 0.25) is 0 Å². The Balaban J connectivity index is 1.52. The number of carbonyl (C=O) groups is 2. The van der Waals surface area contributed by atoms with Gasteiger partial charge in [0.1, 0.15) is 6.04 Å². The predicted molar refractivity (Wildman–Crippen MR) is 87.7 cm³/mol. The number of hydrogen-bond acceptors (Lipinski definition) is 3. The highest BCUT2D eigenvalue weighted by molar-refractivity contribution is 5.87. The lowest BCUT2D eigenvalue weighted by Crippen LogP contribution is -2.49. The van der Waals surface area contributed by atoms with Gasteiger partial charge >= 0.3 is 0 Å². The molecule has 0 saturated carbocycles. The van der Waals surface area contributed by atoms with Crippen LogP contribution in [0, 0.1) is 5.92 Å². The second-order valence-electron chi connectivity index (χ2n) is 6.70.